The number of nitrogens with one attached hydrogen (secondary N) is 2. The van der Waals surface area contributed by atoms with Crippen molar-refractivity contribution in [3.8, 4) is 0 Å². The van der Waals surface area contributed by atoms with E-state index in [2.05, 4.69) is 15.8 Å². The number of halogens is 1. The van der Waals surface area contributed by atoms with Crippen molar-refractivity contribution >= 4 is 23.7 Å². The molecule has 0 unspecified atom stereocenters. The third-order valence-electron chi connectivity index (χ3n) is 2.72. The van der Waals surface area contributed by atoms with Crippen molar-refractivity contribution in [3.05, 3.63) is 65.5 Å². The fourth-order valence-corrected chi connectivity index (χ4v) is 1.69. The first-order chi connectivity index (χ1) is 10.5. The van der Waals surface area contributed by atoms with Gasteiger partial charge in [0.2, 0.25) is 5.91 Å². The van der Waals surface area contributed by atoms with E-state index in [0.717, 1.165) is 5.56 Å². The molecule has 0 spiro atoms. The first kappa shape index (κ1) is 15.4. The molecule has 112 valence electrons. The highest BCUT2D eigenvalue weighted by Crippen LogP contribution is 2.08. The average Bonchev–Trinajstić information content (AvgIpc) is 2.49. The Hall–Kier alpha value is -3.02. The summed E-state index contributed by atoms with van der Waals surface area (Å²) in [5.74, 6) is -0.974. The number of hydrogen-bond donors (Lipinski definition) is 2. The minimum absolute atomic E-state index is 0.145. The standard InChI is InChI=1S/C16H14FN3O2/c1-11(21)19-15-8-2-12(3-9-15)10-18-20-16(22)13-4-6-14(17)7-5-13/h2-10H,1H3,(H,19,21)(H,20,22)/b18-10+. The molecule has 0 bridgehead atoms. The summed E-state index contributed by atoms with van der Waals surface area (Å²) in [6, 6.07) is 12.1. The molecule has 0 aliphatic heterocycles. The molecule has 2 aromatic carbocycles. The molecule has 0 saturated carbocycles. The Morgan fingerprint density at radius 2 is 1.68 bits per heavy atom. The fraction of sp³-hybridized carbons (Fsp3) is 0.0625. The molecule has 0 atom stereocenters. The first-order valence-electron chi connectivity index (χ1n) is 6.51. The summed E-state index contributed by atoms with van der Waals surface area (Å²) in [6.07, 6.45) is 1.47. The number of hydrogen-bond acceptors (Lipinski definition) is 3. The molecule has 0 aliphatic rings. The molecule has 2 aromatic rings. The van der Waals surface area contributed by atoms with E-state index in [-0.39, 0.29) is 5.91 Å². The third-order valence-corrected chi connectivity index (χ3v) is 2.72. The fourth-order valence-electron chi connectivity index (χ4n) is 1.69. The van der Waals surface area contributed by atoms with Gasteiger partial charge < -0.3 is 5.32 Å². The lowest BCUT2D eigenvalue weighted by atomic mass is 10.2. The zero-order valence-electron chi connectivity index (χ0n) is 11.8. The summed E-state index contributed by atoms with van der Waals surface area (Å²) in [5, 5.41) is 6.47. The Labute approximate surface area is 126 Å². The van der Waals surface area contributed by atoms with Gasteiger partial charge in [0.1, 0.15) is 5.82 Å². The molecule has 0 aliphatic carbocycles. The summed E-state index contributed by atoms with van der Waals surface area (Å²) in [7, 11) is 0. The van der Waals surface area contributed by atoms with Gasteiger partial charge in [-0.15, -0.1) is 0 Å². The lowest BCUT2D eigenvalue weighted by Crippen LogP contribution is -2.17. The van der Waals surface area contributed by atoms with Crippen LogP contribution in [-0.4, -0.2) is 18.0 Å². The molecule has 22 heavy (non-hydrogen) atoms. The number of carbonyl (C=O) groups is 2. The van der Waals surface area contributed by atoms with Crippen LogP contribution in [-0.2, 0) is 4.79 Å². The van der Waals surface area contributed by atoms with Crippen molar-refractivity contribution in [2.24, 2.45) is 5.10 Å². The number of benzene rings is 2. The van der Waals surface area contributed by atoms with Crippen LogP contribution in [0.3, 0.4) is 0 Å². The molecule has 2 rings (SSSR count). The van der Waals surface area contributed by atoms with Crippen LogP contribution in [0.5, 0.6) is 0 Å². The highest BCUT2D eigenvalue weighted by Gasteiger charge is 2.03. The maximum absolute atomic E-state index is 12.7. The predicted octanol–water partition coefficient (Wildman–Crippen LogP) is 2.55. The number of rotatable bonds is 4. The van der Waals surface area contributed by atoms with Crippen LogP contribution in [0.4, 0.5) is 10.1 Å². The number of amides is 2. The van der Waals surface area contributed by atoms with Crippen molar-refractivity contribution in [3.63, 3.8) is 0 Å². The minimum atomic E-state index is -0.425. The third kappa shape index (κ3) is 4.52. The number of carbonyl (C=O) groups excluding carboxylic acids is 2. The Kier molecular flexibility index (Phi) is 4.98. The highest BCUT2D eigenvalue weighted by molar-refractivity contribution is 5.95. The Morgan fingerprint density at radius 1 is 1.05 bits per heavy atom. The molecule has 0 saturated heterocycles. The van der Waals surface area contributed by atoms with E-state index in [0.29, 0.717) is 11.3 Å². The quantitative estimate of drug-likeness (QED) is 0.673. The van der Waals surface area contributed by atoms with Crippen molar-refractivity contribution < 1.29 is 14.0 Å². The largest absolute Gasteiger partial charge is 0.326 e. The van der Waals surface area contributed by atoms with Crippen LogP contribution in [0, 0.1) is 5.82 Å². The molecule has 2 N–H and O–H groups in total. The second-order valence-corrected chi connectivity index (χ2v) is 4.51. The number of nitrogens with zero attached hydrogens (tertiary/aromatic N) is 1. The van der Waals surface area contributed by atoms with Crippen molar-refractivity contribution in [1.29, 1.82) is 0 Å². The Bertz CT molecular complexity index is 694. The molecule has 6 heteroatoms. The molecule has 0 fully saturated rings. The molecule has 5 nitrogen and oxygen atoms in total. The van der Waals surface area contributed by atoms with Gasteiger partial charge in [0.05, 0.1) is 6.21 Å². The summed E-state index contributed by atoms with van der Waals surface area (Å²) in [6.45, 7) is 1.43. The van der Waals surface area contributed by atoms with E-state index in [9.17, 15) is 14.0 Å². The monoisotopic (exact) mass is 299 g/mol. The lowest BCUT2D eigenvalue weighted by Gasteiger charge is -2.02. The summed E-state index contributed by atoms with van der Waals surface area (Å²) in [4.78, 5) is 22.6. The SMILES string of the molecule is CC(=O)Nc1ccc(/C=N/NC(=O)c2ccc(F)cc2)cc1. The van der Waals surface area contributed by atoms with Gasteiger partial charge >= 0.3 is 0 Å². The van der Waals surface area contributed by atoms with Gasteiger partial charge in [-0.25, -0.2) is 9.82 Å². The van der Waals surface area contributed by atoms with E-state index in [1.165, 1.54) is 37.4 Å². The van der Waals surface area contributed by atoms with Gasteiger partial charge in [0.25, 0.3) is 5.91 Å². The van der Waals surface area contributed by atoms with Crippen LogP contribution >= 0.6 is 0 Å². The van der Waals surface area contributed by atoms with Crippen molar-refractivity contribution in [1.82, 2.24) is 5.43 Å². The van der Waals surface area contributed by atoms with E-state index >= 15 is 0 Å². The van der Waals surface area contributed by atoms with Gasteiger partial charge in [0.15, 0.2) is 0 Å². The van der Waals surface area contributed by atoms with Crippen LogP contribution in [0.25, 0.3) is 0 Å². The molecule has 0 radical (unpaired) electrons. The second kappa shape index (κ2) is 7.12. The van der Waals surface area contributed by atoms with Gasteiger partial charge in [-0.1, -0.05) is 12.1 Å². The predicted molar refractivity (Wildman–Crippen MR) is 82.2 cm³/mol. The topological polar surface area (TPSA) is 70.6 Å². The molecular formula is C16H14FN3O2. The number of anilines is 1. The average molecular weight is 299 g/mol. The van der Waals surface area contributed by atoms with Gasteiger partial charge in [-0.05, 0) is 42.0 Å². The van der Waals surface area contributed by atoms with Crippen LogP contribution < -0.4 is 10.7 Å². The van der Waals surface area contributed by atoms with Crippen LogP contribution in [0.2, 0.25) is 0 Å². The maximum atomic E-state index is 12.7. The normalized spacial score (nSPS) is 10.5. The Morgan fingerprint density at radius 3 is 2.27 bits per heavy atom. The smallest absolute Gasteiger partial charge is 0.271 e. The molecule has 0 heterocycles. The maximum Gasteiger partial charge on any atom is 0.271 e. The zero-order valence-corrected chi connectivity index (χ0v) is 11.8. The van der Waals surface area contributed by atoms with Crippen molar-refractivity contribution in [2.75, 3.05) is 5.32 Å². The molecule has 0 aromatic heterocycles. The first-order valence-corrected chi connectivity index (χ1v) is 6.51. The van der Waals surface area contributed by atoms with E-state index in [4.69, 9.17) is 0 Å². The van der Waals surface area contributed by atoms with Crippen molar-refractivity contribution in [2.45, 2.75) is 6.92 Å². The van der Waals surface area contributed by atoms with Gasteiger partial charge in [-0.3, -0.25) is 9.59 Å². The lowest BCUT2D eigenvalue weighted by molar-refractivity contribution is -0.114. The molecule has 2 amide bonds. The van der Waals surface area contributed by atoms with E-state index in [1.54, 1.807) is 24.3 Å². The summed E-state index contributed by atoms with van der Waals surface area (Å²) in [5.41, 5.74) is 4.11. The van der Waals surface area contributed by atoms with Crippen LogP contribution in [0.15, 0.2) is 53.6 Å². The minimum Gasteiger partial charge on any atom is -0.326 e. The highest BCUT2D eigenvalue weighted by atomic mass is 19.1. The number of hydrazone groups is 1. The second-order valence-electron chi connectivity index (χ2n) is 4.51. The van der Waals surface area contributed by atoms with Crippen LogP contribution in [0.1, 0.15) is 22.8 Å². The Balaban J connectivity index is 1.93. The molecular weight excluding hydrogens is 285 g/mol. The van der Waals surface area contributed by atoms with E-state index < -0.39 is 11.7 Å². The van der Waals surface area contributed by atoms with Gasteiger partial charge in [-0.2, -0.15) is 5.10 Å². The summed E-state index contributed by atoms with van der Waals surface area (Å²) >= 11 is 0. The van der Waals surface area contributed by atoms with Gasteiger partial charge in [0, 0.05) is 18.2 Å². The summed E-state index contributed by atoms with van der Waals surface area (Å²) < 4.78 is 12.7. The zero-order chi connectivity index (χ0) is 15.9. The van der Waals surface area contributed by atoms with E-state index in [1.807, 2.05) is 0 Å².